The number of amides is 1. The van der Waals surface area contributed by atoms with Crippen molar-refractivity contribution in [3.63, 3.8) is 0 Å². The van der Waals surface area contributed by atoms with Crippen molar-refractivity contribution >= 4 is 17.6 Å². The summed E-state index contributed by atoms with van der Waals surface area (Å²) in [5.74, 6) is -3.22. The largest absolute Gasteiger partial charge is 0.478 e. The summed E-state index contributed by atoms with van der Waals surface area (Å²) in [7, 11) is 0. The summed E-state index contributed by atoms with van der Waals surface area (Å²) >= 11 is 0. The van der Waals surface area contributed by atoms with Crippen LogP contribution >= 0.6 is 0 Å². The highest BCUT2D eigenvalue weighted by atomic mass is 19.4. The minimum Gasteiger partial charge on any atom is -0.478 e. The molecule has 2 aromatic rings. The summed E-state index contributed by atoms with van der Waals surface area (Å²) in [4.78, 5) is 21.9. The smallest absolute Gasteiger partial charge is 0.471 e. The average molecular weight is 313 g/mol. The molecule has 9 heteroatoms. The van der Waals surface area contributed by atoms with Crippen molar-refractivity contribution in [2.45, 2.75) is 12.7 Å². The van der Waals surface area contributed by atoms with Crippen molar-refractivity contribution in [1.82, 2.24) is 9.78 Å². The van der Waals surface area contributed by atoms with Crippen LogP contribution in [-0.4, -0.2) is 32.9 Å². The molecule has 0 radical (unpaired) electrons. The monoisotopic (exact) mass is 313 g/mol. The van der Waals surface area contributed by atoms with Crippen molar-refractivity contribution < 1.29 is 27.9 Å². The number of rotatable bonds is 4. The van der Waals surface area contributed by atoms with Gasteiger partial charge in [0.1, 0.15) is 0 Å². The molecule has 0 unspecified atom stereocenters. The highest BCUT2D eigenvalue weighted by Gasteiger charge is 2.38. The number of nitrogens with one attached hydrogen (secondary N) is 1. The molecule has 6 nitrogen and oxygen atoms in total. The maximum absolute atomic E-state index is 12.1. The second-order valence-corrected chi connectivity index (χ2v) is 4.34. The van der Waals surface area contributed by atoms with Gasteiger partial charge in [0.25, 0.3) is 0 Å². The van der Waals surface area contributed by atoms with Gasteiger partial charge in [-0.1, -0.05) is 18.2 Å². The number of halogens is 3. The minimum atomic E-state index is -4.99. The van der Waals surface area contributed by atoms with Crippen LogP contribution in [0.5, 0.6) is 0 Å². The summed E-state index contributed by atoms with van der Waals surface area (Å²) in [6.07, 6.45) is -2.76. The molecule has 0 aliphatic heterocycles. The fourth-order valence-electron chi connectivity index (χ4n) is 1.76. The van der Waals surface area contributed by atoms with Crippen molar-refractivity contribution in [3.05, 3.63) is 47.8 Å². The van der Waals surface area contributed by atoms with Crippen LogP contribution in [0.4, 0.5) is 18.9 Å². The fraction of sp³-hybridized carbons (Fsp3) is 0.154. The van der Waals surface area contributed by atoms with Gasteiger partial charge in [-0.25, -0.2) is 4.79 Å². The van der Waals surface area contributed by atoms with E-state index in [4.69, 9.17) is 5.11 Å². The number of aromatic carboxylic acids is 1. The Morgan fingerprint density at radius 3 is 2.59 bits per heavy atom. The Labute approximate surface area is 122 Å². The lowest BCUT2D eigenvalue weighted by Crippen LogP contribution is -2.29. The molecule has 0 saturated heterocycles. The highest BCUT2D eigenvalue weighted by molar-refractivity contribution is 5.94. The first-order chi connectivity index (χ1) is 10.3. The molecule has 1 aromatic carbocycles. The van der Waals surface area contributed by atoms with Gasteiger partial charge in [0.15, 0.2) is 0 Å². The molecule has 0 bridgehead atoms. The molecule has 0 fully saturated rings. The average Bonchev–Trinajstić information content (AvgIpc) is 2.85. The first-order valence-electron chi connectivity index (χ1n) is 5.99. The summed E-state index contributed by atoms with van der Waals surface area (Å²) < 4.78 is 37.6. The Kier molecular flexibility index (Phi) is 4.15. The molecule has 1 aromatic heterocycles. The molecule has 1 heterocycles. The van der Waals surface area contributed by atoms with Crippen LogP contribution in [0.15, 0.2) is 36.7 Å². The maximum Gasteiger partial charge on any atom is 0.471 e. The Morgan fingerprint density at radius 2 is 1.95 bits per heavy atom. The Hall–Kier alpha value is -2.84. The third kappa shape index (κ3) is 3.62. The number of benzene rings is 1. The summed E-state index contributed by atoms with van der Waals surface area (Å²) in [5, 5.41) is 14.5. The van der Waals surface area contributed by atoms with Gasteiger partial charge in [-0.05, 0) is 11.6 Å². The number of nitrogens with zero attached hydrogens (tertiary/aromatic N) is 2. The van der Waals surface area contributed by atoms with Crippen LogP contribution in [-0.2, 0) is 11.3 Å². The molecule has 2 N–H and O–H groups in total. The minimum absolute atomic E-state index is 0.0460. The lowest BCUT2D eigenvalue weighted by atomic mass is 10.1. The molecule has 0 atom stereocenters. The zero-order valence-electron chi connectivity index (χ0n) is 11.0. The lowest BCUT2D eigenvalue weighted by Gasteiger charge is -2.06. The zero-order valence-corrected chi connectivity index (χ0v) is 11.0. The van der Waals surface area contributed by atoms with E-state index in [1.807, 2.05) is 0 Å². The molecule has 0 aliphatic carbocycles. The zero-order chi connectivity index (χ0) is 16.3. The highest BCUT2D eigenvalue weighted by Crippen LogP contribution is 2.18. The lowest BCUT2D eigenvalue weighted by molar-refractivity contribution is -0.167. The SMILES string of the molecule is O=C(O)c1ccccc1Cn1cc(NC(=O)C(F)(F)F)cn1. The third-order valence-electron chi connectivity index (χ3n) is 2.73. The normalized spacial score (nSPS) is 11.2. The van der Waals surface area contributed by atoms with Crippen LogP contribution in [0.2, 0.25) is 0 Å². The summed E-state index contributed by atoms with van der Waals surface area (Å²) in [5.41, 5.74) is 0.376. The van der Waals surface area contributed by atoms with Crippen LogP contribution in [0.25, 0.3) is 0 Å². The van der Waals surface area contributed by atoms with Gasteiger partial charge in [0, 0.05) is 6.20 Å². The number of hydrogen-bond donors (Lipinski definition) is 2. The predicted octanol–water partition coefficient (Wildman–Crippen LogP) is 2.13. The summed E-state index contributed by atoms with van der Waals surface area (Å²) in [6, 6.07) is 6.18. The van der Waals surface area contributed by atoms with Gasteiger partial charge in [-0.15, -0.1) is 0 Å². The molecule has 0 aliphatic rings. The van der Waals surface area contributed by atoms with E-state index in [1.54, 1.807) is 23.5 Å². The van der Waals surface area contributed by atoms with E-state index >= 15 is 0 Å². The van der Waals surface area contributed by atoms with Crippen LogP contribution in [0.3, 0.4) is 0 Å². The number of aromatic nitrogens is 2. The number of carbonyl (C=O) groups is 2. The molecular formula is C13H10F3N3O3. The van der Waals surface area contributed by atoms with E-state index in [-0.39, 0.29) is 17.8 Å². The number of carbonyl (C=O) groups excluding carboxylic acids is 1. The molecule has 0 spiro atoms. The van der Waals surface area contributed by atoms with Gasteiger partial charge in [0.2, 0.25) is 0 Å². The number of carboxylic acid groups (broad SMARTS) is 1. The Bertz CT molecular complexity index is 710. The van der Waals surface area contributed by atoms with Crippen LogP contribution in [0, 0.1) is 0 Å². The number of carboxylic acids is 1. The van der Waals surface area contributed by atoms with Crippen LogP contribution in [0.1, 0.15) is 15.9 Å². The molecule has 116 valence electrons. The Balaban J connectivity index is 2.13. The van der Waals surface area contributed by atoms with Crippen molar-refractivity contribution in [3.8, 4) is 0 Å². The van der Waals surface area contributed by atoms with E-state index in [0.717, 1.165) is 6.20 Å². The predicted molar refractivity (Wildman–Crippen MR) is 69.4 cm³/mol. The number of hydrogen-bond acceptors (Lipinski definition) is 3. The standard InChI is InChI=1S/C13H10F3N3O3/c14-13(15,16)12(22)18-9-5-17-19(7-9)6-8-3-1-2-4-10(8)11(20)21/h1-5,7H,6H2,(H,18,22)(H,20,21). The molecule has 22 heavy (non-hydrogen) atoms. The first-order valence-corrected chi connectivity index (χ1v) is 5.99. The summed E-state index contributed by atoms with van der Waals surface area (Å²) in [6.45, 7) is 0.0460. The number of alkyl halides is 3. The third-order valence-corrected chi connectivity index (χ3v) is 2.73. The van der Waals surface area contributed by atoms with E-state index in [1.165, 1.54) is 16.9 Å². The van der Waals surface area contributed by atoms with Gasteiger partial charge >= 0.3 is 18.1 Å². The van der Waals surface area contributed by atoms with Gasteiger partial charge in [-0.2, -0.15) is 18.3 Å². The van der Waals surface area contributed by atoms with E-state index < -0.39 is 18.1 Å². The molecular weight excluding hydrogens is 303 g/mol. The van der Waals surface area contributed by atoms with Crippen LogP contribution < -0.4 is 5.32 Å². The van der Waals surface area contributed by atoms with Gasteiger partial charge in [0.05, 0.1) is 24.0 Å². The first kappa shape index (κ1) is 15.5. The van der Waals surface area contributed by atoms with Crippen molar-refractivity contribution in [1.29, 1.82) is 0 Å². The maximum atomic E-state index is 12.1. The fourth-order valence-corrected chi connectivity index (χ4v) is 1.76. The van der Waals surface area contributed by atoms with Gasteiger partial charge in [-0.3, -0.25) is 9.48 Å². The van der Waals surface area contributed by atoms with E-state index in [2.05, 4.69) is 5.10 Å². The second kappa shape index (κ2) is 5.88. The molecule has 1 amide bonds. The molecule has 2 rings (SSSR count). The van der Waals surface area contributed by atoms with E-state index in [9.17, 15) is 22.8 Å². The van der Waals surface area contributed by atoms with E-state index in [0.29, 0.717) is 5.56 Å². The quantitative estimate of drug-likeness (QED) is 0.905. The van der Waals surface area contributed by atoms with Gasteiger partial charge < -0.3 is 10.4 Å². The number of anilines is 1. The van der Waals surface area contributed by atoms with Crippen molar-refractivity contribution in [2.24, 2.45) is 0 Å². The topological polar surface area (TPSA) is 84.2 Å². The Morgan fingerprint density at radius 1 is 1.27 bits per heavy atom. The van der Waals surface area contributed by atoms with Crippen molar-refractivity contribution in [2.75, 3.05) is 5.32 Å². The second-order valence-electron chi connectivity index (χ2n) is 4.34. The molecule has 0 saturated carbocycles.